The molecule has 1 aliphatic rings. The van der Waals surface area contributed by atoms with E-state index in [0.717, 1.165) is 25.0 Å². The monoisotopic (exact) mass is 268 g/mol. The van der Waals surface area contributed by atoms with Crippen LogP contribution in [0.15, 0.2) is 5.38 Å². The number of carbonyl (C=O) groups excluding carboxylic acids is 2. The van der Waals surface area contributed by atoms with E-state index in [1.165, 1.54) is 18.4 Å². The van der Waals surface area contributed by atoms with Crippen LogP contribution in [-0.4, -0.2) is 24.0 Å². The number of thiazole rings is 1. The van der Waals surface area contributed by atoms with Crippen molar-refractivity contribution in [2.45, 2.75) is 32.1 Å². The van der Waals surface area contributed by atoms with Crippen LogP contribution < -0.4 is 5.32 Å². The van der Waals surface area contributed by atoms with Crippen molar-refractivity contribution < 1.29 is 14.3 Å². The van der Waals surface area contributed by atoms with Crippen LogP contribution in [0.3, 0.4) is 0 Å². The van der Waals surface area contributed by atoms with Gasteiger partial charge in [-0.05, 0) is 25.7 Å². The third kappa shape index (κ3) is 3.80. The van der Waals surface area contributed by atoms with Gasteiger partial charge < -0.3 is 10.1 Å². The Labute approximate surface area is 110 Å². The quantitative estimate of drug-likeness (QED) is 0.801. The Kier molecular flexibility index (Phi) is 4.30. The summed E-state index contributed by atoms with van der Waals surface area (Å²) < 4.78 is 4.57. The van der Waals surface area contributed by atoms with Gasteiger partial charge in [-0.1, -0.05) is 0 Å². The van der Waals surface area contributed by atoms with Gasteiger partial charge in [0.2, 0.25) is 5.91 Å². The van der Waals surface area contributed by atoms with Crippen LogP contribution >= 0.6 is 11.3 Å². The van der Waals surface area contributed by atoms with Crippen molar-refractivity contribution in [1.29, 1.82) is 0 Å². The lowest BCUT2D eigenvalue weighted by atomic mass is 10.2. The van der Waals surface area contributed by atoms with E-state index < -0.39 is 0 Å². The van der Waals surface area contributed by atoms with Gasteiger partial charge in [-0.25, -0.2) is 4.98 Å². The Hall–Kier alpha value is -1.43. The number of methoxy groups -OCH3 is 1. The molecule has 1 N–H and O–H groups in total. The second kappa shape index (κ2) is 5.95. The predicted octanol–water partition coefficient (Wildman–Crippen LogP) is 1.99. The zero-order chi connectivity index (χ0) is 13.0. The van der Waals surface area contributed by atoms with Gasteiger partial charge in [0.1, 0.15) is 0 Å². The molecular weight excluding hydrogens is 252 g/mol. The molecule has 1 amide bonds. The first-order valence-electron chi connectivity index (χ1n) is 6.01. The molecule has 0 saturated heterocycles. The topological polar surface area (TPSA) is 68.3 Å². The summed E-state index contributed by atoms with van der Waals surface area (Å²) >= 11 is 1.43. The molecule has 0 spiro atoms. The second-order valence-corrected chi connectivity index (χ2v) is 5.20. The van der Waals surface area contributed by atoms with Crippen LogP contribution in [0.5, 0.6) is 0 Å². The molecule has 2 rings (SSSR count). The van der Waals surface area contributed by atoms with Gasteiger partial charge in [0.05, 0.1) is 12.8 Å². The van der Waals surface area contributed by atoms with Gasteiger partial charge in [0.25, 0.3) is 0 Å². The number of ether oxygens (including phenoxy) is 1. The summed E-state index contributed by atoms with van der Waals surface area (Å²) in [5.41, 5.74) is 0.912. The highest BCUT2D eigenvalue weighted by molar-refractivity contribution is 7.13. The van der Waals surface area contributed by atoms with E-state index >= 15 is 0 Å². The third-order valence-electron chi connectivity index (χ3n) is 2.77. The Morgan fingerprint density at radius 2 is 2.33 bits per heavy atom. The maximum atomic E-state index is 11.5. The van der Waals surface area contributed by atoms with Crippen LogP contribution in [0.2, 0.25) is 0 Å². The van der Waals surface area contributed by atoms with Gasteiger partial charge in [0.15, 0.2) is 5.13 Å². The molecule has 0 aromatic carbocycles. The molecule has 0 aliphatic heterocycles. The van der Waals surface area contributed by atoms with Gasteiger partial charge in [-0.2, -0.15) is 0 Å². The molecule has 1 aromatic heterocycles. The average molecular weight is 268 g/mol. The summed E-state index contributed by atoms with van der Waals surface area (Å²) in [6, 6.07) is 0. The van der Waals surface area contributed by atoms with Crippen molar-refractivity contribution in [2.24, 2.45) is 5.92 Å². The maximum absolute atomic E-state index is 11.5. The summed E-state index contributed by atoms with van der Waals surface area (Å²) in [5, 5.41) is 5.38. The molecule has 1 heterocycles. The highest BCUT2D eigenvalue weighted by Crippen LogP contribution is 2.30. The van der Waals surface area contributed by atoms with Crippen molar-refractivity contribution in [3.8, 4) is 0 Å². The number of amides is 1. The maximum Gasteiger partial charge on any atom is 0.305 e. The molecule has 1 saturated carbocycles. The summed E-state index contributed by atoms with van der Waals surface area (Å²) in [4.78, 5) is 26.8. The minimum Gasteiger partial charge on any atom is -0.469 e. The van der Waals surface area contributed by atoms with Crippen molar-refractivity contribution >= 4 is 28.3 Å². The molecule has 6 heteroatoms. The highest BCUT2D eigenvalue weighted by atomic mass is 32.1. The van der Waals surface area contributed by atoms with Crippen molar-refractivity contribution in [1.82, 2.24) is 4.98 Å². The molecule has 1 fully saturated rings. The molecule has 1 aromatic rings. The molecule has 0 bridgehead atoms. The second-order valence-electron chi connectivity index (χ2n) is 4.34. The number of rotatable bonds is 6. The van der Waals surface area contributed by atoms with E-state index in [4.69, 9.17) is 0 Å². The zero-order valence-electron chi connectivity index (χ0n) is 10.3. The third-order valence-corrected chi connectivity index (χ3v) is 3.58. The van der Waals surface area contributed by atoms with E-state index in [1.807, 2.05) is 5.38 Å². The fourth-order valence-electron chi connectivity index (χ4n) is 1.55. The van der Waals surface area contributed by atoms with E-state index in [0.29, 0.717) is 18.0 Å². The largest absolute Gasteiger partial charge is 0.469 e. The Morgan fingerprint density at radius 3 is 3.00 bits per heavy atom. The molecular formula is C12H16N2O3S. The SMILES string of the molecule is COC(=O)CCCc1csc(NC(=O)C2CC2)n1. The molecule has 98 valence electrons. The Balaban J connectivity index is 1.75. The normalized spacial score (nSPS) is 14.3. The van der Waals surface area contributed by atoms with Gasteiger partial charge in [-0.15, -0.1) is 11.3 Å². The number of nitrogens with zero attached hydrogens (tertiary/aromatic N) is 1. The molecule has 5 nitrogen and oxygen atoms in total. The molecule has 1 aliphatic carbocycles. The molecule has 0 unspecified atom stereocenters. The summed E-state index contributed by atoms with van der Waals surface area (Å²) in [6.07, 6.45) is 3.82. The van der Waals surface area contributed by atoms with Crippen LogP contribution in [0.4, 0.5) is 5.13 Å². The lowest BCUT2D eigenvalue weighted by molar-refractivity contribution is -0.140. The van der Waals surface area contributed by atoms with E-state index in [9.17, 15) is 9.59 Å². The van der Waals surface area contributed by atoms with Crippen LogP contribution in [0, 0.1) is 5.92 Å². The minimum absolute atomic E-state index is 0.0745. The van der Waals surface area contributed by atoms with Crippen LogP contribution in [0.25, 0.3) is 0 Å². The molecule has 0 radical (unpaired) electrons. The fourth-order valence-corrected chi connectivity index (χ4v) is 2.30. The Bertz CT molecular complexity index is 440. The first kappa shape index (κ1) is 13.0. The number of hydrogen-bond donors (Lipinski definition) is 1. The van der Waals surface area contributed by atoms with E-state index in [-0.39, 0.29) is 17.8 Å². The van der Waals surface area contributed by atoms with Gasteiger partial charge in [-0.3, -0.25) is 9.59 Å². The standard InChI is InChI=1S/C12H16N2O3S/c1-17-10(15)4-2-3-9-7-18-12(13-9)14-11(16)8-5-6-8/h7-8H,2-6H2,1H3,(H,13,14,16). The summed E-state index contributed by atoms with van der Waals surface area (Å²) in [7, 11) is 1.39. The van der Waals surface area contributed by atoms with Gasteiger partial charge >= 0.3 is 5.97 Å². The summed E-state index contributed by atoms with van der Waals surface area (Å²) in [5.74, 6) is 0.0645. The minimum atomic E-state index is -0.201. The predicted molar refractivity (Wildman–Crippen MR) is 68.4 cm³/mol. The number of aryl methyl sites for hydroxylation is 1. The Morgan fingerprint density at radius 1 is 1.56 bits per heavy atom. The van der Waals surface area contributed by atoms with Gasteiger partial charge in [0, 0.05) is 17.7 Å². The van der Waals surface area contributed by atoms with Crippen molar-refractivity contribution in [3.05, 3.63) is 11.1 Å². The fraction of sp³-hybridized carbons (Fsp3) is 0.583. The van der Waals surface area contributed by atoms with Crippen molar-refractivity contribution in [3.63, 3.8) is 0 Å². The lowest BCUT2D eigenvalue weighted by Gasteiger charge is -1.98. The highest BCUT2D eigenvalue weighted by Gasteiger charge is 2.30. The number of esters is 1. The number of carbonyl (C=O) groups is 2. The molecule has 0 atom stereocenters. The first-order valence-corrected chi connectivity index (χ1v) is 6.89. The summed E-state index contributed by atoms with van der Waals surface area (Å²) in [6.45, 7) is 0. The first-order chi connectivity index (χ1) is 8.69. The van der Waals surface area contributed by atoms with Crippen LogP contribution in [0.1, 0.15) is 31.4 Å². The van der Waals surface area contributed by atoms with Crippen molar-refractivity contribution in [2.75, 3.05) is 12.4 Å². The number of aromatic nitrogens is 1. The lowest BCUT2D eigenvalue weighted by Crippen LogP contribution is -2.13. The van der Waals surface area contributed by atoms with E-state index in [2.05, 4.69) is 15.0 Å². The average Bonchev–Trinajstić information content (AvgIpc) is 3.12. The number of hydrogen-bond acceptors (Lipinski definition) is 5. The smallest absolute Gasteiger partial charge is 0.305 e. The number of anilines is 1. The van der Waals surface area contributed by atoms with E-state index in [1.54, 1.807) is 0 Å². The van der Waals surface area contributed by atoms with Crippen LogP contribution in [-0.2, 0) is 20.7 Å². The zero-order valence-corrected chi connectivity index (χ0v) is 11.1. The number of nitrogens with one attached hydrogen (secondary N) is 1. The molecule has 18 heavy (non-hydrogen) atoms.